The molecule has 0 aromatic rings. The first-order valence-electron chi connectivity index (χ1n) is 5.23. The Hall–Kier alpha value is -0.240. The highest BCUT2D eigenvalue weighted by Crippen LogP contribution is 2.03. The summed E-state index contributed by atoms with van der Waals surface area (Å²) < 4.78 is 20.3. The van der Waals surface area contributed by atoms with Crippen LogP contribution >= 0.6 is 0 Å². The van der Waals surface area contributed by atoms with Crippen LogP contribution in [0.3, 0.4) is 0 Å². The van der Waals surface area contributed by atoms with Gasteiger partial charge in [-0.1, -0.05) is 0 Å². The quantitative estimate of drug-likeness (QED) is 0.554. The van der Waals surface area contributed by atoms with E-state index in [1.54, 1.807) is 6.92 Å². The fourth-order valence-corrected chi connectivity index (χ4v) is 0.946. The summed E-state index contributed by atoms with van der Waals surface area (Å²) in [5, 5.41) is 17.9. The van der Waals surface area contributed by atoms with Gasteiger partial charge in [-0.25, -0.2) is 0 Å². The predicted molar refractivity (Wildman–Crippen MR) is 56.6 cm³/mol. The third kappa shape index (κ3) is 9.02. The Morgan fingerprint density at radius 2 is 1.38 bits per heavy atom. The van der Waals surface area contributed by atoms with Gasteiger partial charge in [0.15, 0.2) is 18.9 Å². The van der Waals surface area contributed by atoms with E-state index in [1.165, 1.54) is 21.0 Å². The first-order valence-corrected chi connectivity index (χ1v) is 5.23. The smallest absolute Gasteiger partial charge is 0.155 e. The third-order valence-corrected chi connectivity index (χ3v) is 1.76. The summed E-state index contributed by atoms with van der Waals surface area (Å²) in [4.78, 5) is 0. The van der Waals surface area contributed by atoms with E-state index in [-0.39, 0.29) is 13.2 Å². The SMILES string of the molecule is COC(C)OC(COC(C)O)COC(C)O. The zero-order chi connectivity index (χ0) is 12.6. The van der Waals surface area contributed by atoms with Gasteiger partial charge in [0.2, 0.25) is 0 Å². The molecule has 0 aliphatic rings. The first kappa shape index (κ1) is 15.8. The van der Waals surface area contributed by atoms with Crippen LogP contribution in [0.5, 0.6) is 0 Å². The van der Waals surface area contributed by atoms with Crippen LogP contribution in [-0.2, 0) is 18.9 Å². The van der Waals surface area contributed by atoms with Crippen molar-refractivity contribution in [1.29, 1.82) is 0 Å². The van der Waals surface area contributed by atoms with Gasteiger partial charge in [0.25, 0.3) is 0 Å². The summed E-state index contributed by atoms with van der Waals surface area (Å²) >= 11 is 0. The van der Waals surface area contributed by atoms with Crippen LogP contribution in [0, 0.1) is 0 Å². The van der Waals surface area contributed by atoms with Gasteiger partial charge in [-0.3, -0.25) is 0 Å². The molecule has 0 heterocycles. The highest BCUT2D eigenvalue weighted by atomic mass is 16.7. The zero-order valence-corrected chi connectivity index (χ0v) is 10.3. The minimum Gasteiger partial charge on any atom is -0.368 e. The van der Waals surface area contributed by atoms with Crippen molar-refractivity contribution in [1.82, 2.24) is 0 Å². The molecule has 0 spiro atoms. The minimum atomic E-state index is -0.865. The molecule has 0 aliphatic heterocycles. The van der Waals surface area contributed by atoms with E-state index in [1.807, 2.05) is 0 Å². The summed E-state index contributed by atoms with van der Waals surface area (Å²) in [5.41, 5.74) is 0. The molecule has 0 aromatic carbocycles. The van der Waals surface area contributed by atoms with Gasteiger partial charge in [0, 0.05) is 7.11 Å². The van der Waals surface area contributed by atoms with Crippen LogP contribution in [0.15, 0.2) is 0 Å². The molecule has 0 saturated heterocycles. The van der Waals surface area contributed by atoms with Crippen LogP contribution < -0.4 is 0 Å². The largest absolute Gasteiger partial charge is 0.368 e. The van der Waals surface area contributed by atoms with Crippen LogP contribution in [0.1, 0.15) is 20.8 Å². The molecule has 0 fully saturated rings. The van der Waals surface area contributed by atoms with Gasteiger partial charge in [-0.15, -0.1) is 0 Å². The lowest BCUT2D eigenvalue weighted by Gasteiger charge is -2.22. The monoisotopic (exact) mass is 238 g/mol. The molecule has 0 radical (unpaired) electrons. The molecule has 3 atom stereocenters. The van der Waals surface area contributed by atoms with E-state index in [0.29, 0.717) is 0 Å². The van der Waals surface area contributed by atoms with Crippen molar-refractivity contribution in [3.63, 3.8) is 0 Å². The van der Waals surface area contributed by atoms with Crippen molar-refractivity contribution in [3.05, 3.63) is 0 Å². The average Bonchev–Trinajstić information content (AvgIpc) is 2.21. The Bertz CT molecular complexity index is 149. The van der Waals surface area contributed by atoms with E-state index in [9.17, 15) is 0 Å². The van der Waals surface area contributed by atoms with Gasteiger partial charge in [0.05, 0.1) is 13.2 Å². The van der Waals surface area contributed by atoms with Crippen molar-refractivity contribution in [2.75, 3.05) is 20.3 Å². The summed E-state index contributed by atoms with van der Waals surface area (Å²) in [7, 11) is 1.52. The number of aliphatic hydroxyl groups is 2. The van der Waals surface area contributed by atoms with Gasteiger partial charge in [-0.05, 0) is 20.8 Å². The summed E-state index contributed by atoms with van der Waals surface area (Å²) in [6.45, 7) is 5.08. The number of methoxy groups -OCH3 is 1. The standard InChI is InChI=1S/C10H22O6/c1-7(11)14-5-10(6-15-8(2)12)16-9(3)13-4/h7-12H,5-6H2,1-4H3. The molecular formula is C10H22O6. The van der Waals surface area contributed by atoms with Gasteiger partial charge >= 0.3 is 0 Å². The lowest BCUT2D eigenvalue weighted by atomic mass is 10.4. The second-order valence-electron chi connectivity index (χ2n) is 3.43. The highest BCUT2D eigenvalue weighted by molar-refractivity contribution is 4.56. The normalized spacial score (nSPS) is 19.1. The molecular weight excluding hydrogens is 216 g/mol. The molecule has 0 aromatic heterocycles. The molecule has 6 heteroatoms. The van der Waals surface area contributed by atoms with Crippen LogP contribution in [0.4, 0.5) is 0 Å². The Balaban J connectivity index is 3.94. The Kier molecular flexibility index (Phi) is 8.73. The maximum absolute atomic E-state index is 8.97. The van der Waals surface area contributed by atoms with E-state index < -0.39 is 25.0 Å². The van der Waals surface area contributed by atoms with E-state index in [0.717, 1.165) is 0 Å². The first-order chi connectivity index (χ1) is 7.45. The molecule has 3 unspecified atom stereocenters. The van der Waals surface area contributed by atoms with Crippen molar-refractivity contribution in [2.24, 2.45) is 0 Å². The Morgan fingerprint density at radius 3 is 1.69 bits per heavy atom. The lowest BCUT2D eigenvalue weighted by molar-refractivity contribution is -0.207. The Labute approximate surface area is 96.1 Å². The number of hydrogen-bond donors (Lipinski definition) is 2. The lowest BCUT2D eigenvalue weighted by Crippen LogP contribution is -2.32. The maximum atomic E-state index is 8.97. The van der Waals surface area contributed by atoms with Crippen molar-refractivity contribution in [2.45, 2.75) is 45.7 Å². The average molecular weight is 238 g/mol. The van der Waals surface area contributed by atoms with Crippen LogP contribution in [-0.4, -0.2) is 55.5 Å². The topological polar surface area (TPSA) is 77.4 Å². The molecule has 98 valence electrons. The van der Waals surface area contributed by atoms with E-state index in [2.05, 4.69) is 0 Å². The molecule has 0 rings (SSSR count). The fourth-order valence-electron chi connectivity index (χ4n) is 0.946. The molecule has 0 saturated carbocycles. The van der Waals surface area contributed by atoms with Crippen molar-refractivity contribution >= 4 is 0 Å². The van der Waals surface area contributed by atoms with Crippen LogP contribution in [0.2, 0.25) is 0 Å². The molecule has 16 heavy (non-hydrogen) atoms. The number of hydrogen-bond acceptors (Lipinski definition) is 6. The predicted octanol–water partition coefficient (Wildman–Crippen LogP) is 0.0738. The second-order valence-corrected chi connectivity index (χ2v) is 3.43. The summed E-state index contributed by atoms with van der Waals surface area (Å²) in [5.74, 6) is 0. The van der Waals surface area contributed by atoms with E-state index >= 15 is 0 Å². The summed E-state index contributed by atoms with van der Waals surface area (Å²) in [6, 6.07) is 0. The van der Waals surface area contributed by atoms with Gasteiger partial charge in [0.1, 0.15) is 6.10 Å². The minimum absolute atomic E-state index is 0.165. The van der Waals surface area contributed by atoms with Gasteiger partial charge in [-0.2, -0.15) is 0 Å². The number of rotatable bonds is 9. The maximum Gasteiger partial charge on any atom is 0.155 e. The fraction of sp³-hybridized carbons (Fsp3) is 1.00. The van der Waals surface area contributed by atoms with Crippen LogP contribution in [0.25, 0.3) is 0 Å². The molecule has 2 N–H and O–H groups in total. The third-order valence-electron chi connectivity index (χ3n) is 1.76. The number of aliphatic hydroxyl groups excluding tert-OH is 2. The second kappa shape index (κ2) is 8.86. The molecule has 0 amide bonds. The summed E-state index contributed by atoms with van der Waals surface area (Å²) in [6.07, 6.45) is -2.54. The molecule has 0 bridgehead atoms. The van der Waals surface area contributed by atoms with E-state index in [4.69, 9.17) is 29.2 Å². The van der Waals surface area contributed by atoms with Crippen molar-refractivity contribution < 1.29 is 29.2 Å². The van der Waals surface area contributed by atoms with Crippen molar-refractivity contribution in [3.8, 4) is 0 Å². The van der Waals surface area contributed by atoms with Gasteiger partial charge < -0.3 is 29.2 Å². The number of ether oxygens (including phenoxy) is 4. The molecule has 6 nitrogen and oxygen atoms in total. The Morgan fingerprint density at radius 1 is 0.938 bits per heavy atom. The highest BCUT2D eigenvalue weighted by Gasteiger charge is 2.15. The zero-order valence-electron chi connectivity index (χ0n) is 10.3. The molecule has 0 aliphatic carbocycles.